The van der Waals surface area contributed by atoms with Crippen LogP contribution < -0.4 is 11.1 Å². The van der Waals surface area contributed by atoms with Gasteiger partial charge in [-0.2, -0.15) is 0 Å². The first kappa shape index (κ1) is 14.8. The van der Waals surface area contributed by atoms with E-state index in [0.29, 0.717) is 6.54 Å². The van der Waals surface area contributed by atoms with Gasteiger partial charge in [0.15, 0.2) is 0 Å². The van der Waals surface area contributed by atoms with Crippen molar-refractivity contribution in [1.29, 1.82) is 0 Å². The highest BCUT2D eigenvalue weighted by atomic mass is 16.2. The molecule has 3 heteroatoms. The summed E-state index contributed by atoms with van der Waals surface area (Å²) < 4.78 is 0. The molecular weight excluding hydrogens is 236 g/mol. The summed E-state index contributed by atoms with van der Waals surface area (Å²) in [6.45, 7) is 1.37. The number of nitrogens with two attached hydrogens (primary N) is 1. The standard InChI is InChI=1S/C16H30N2O/c17-13-16(10-5-1-2-6-11-16)15(19)18-12-9-14-7-3-4-8-14/h14H,1-13,17H2,(H,18,19). The third kappa shape index (κ3) is 3.95. The molecule has 0 bridgehead atoms. The number of carbonyl (C=O) groups is 1. The van der Waals surface area contributed by atoms with Gasteiger partial charge in [0, 0.05) is 13.1 Å². The summed E-state index contributed by atoms with van der Waals surface area (Å²) in [4.78, 5) is 12.5. The second kappa shape index (κ2) is 7.28. The van der Waals surface area contributed by atoms with E-state index in [2.05, 4.69) is 5.32 Å². The number of amides is 1. The summed E-state index contributed by atoms with van der Waals surface area (Å²) in [5.74, 6) is 1.08. The van der Waals surface area contributed by atoms with Crippen molar-refractivity contribution in [2.45, 2.75) is 70.6 Å². The Bertz CT molecular complexity index is 276. The van der Waals surface area contributed by atoms with Crippen molar-refractivity contribution >= 4 is 5.91 Å². The fourth-order valence-electron chi connectivity index (χ4n) is 3.81. The van der Waals surface area contributed by atoms with Crippen LogP contribution in [0.1, 0.15) is 70.6 Å². The molecular formula is C16H30N2O. The number of nitrogens with one attached hydrogen (secondary N) is 1. The van der Waals surface area contributed by atoms with Gasteiger partial charge >= 0.3 is 0 Å². The lowest BCUT2D eigenvalue weighted by atomic mass is 9.79. The van der Waals surface area contributed by atoms with Gasteiger partial charge in [-0.1, -0.05) is 51.4 Å². The Morgan fingerprint density at radius 1 is 1.05 bits per heavy atom. The number of hydrogen-bond donors (Lipinski definition) is 2. The van der Waals surface area contributed by atoms with E-state index in [9.17, 15) is 4.79 Å². The van der Waals surface area contributed by atoms with E-state index in [1.807, 2.05) is 0 Å². The molecule has 0 aromatic carbocycles. The van der Waals surface area contributed by atoms with E-state index in [1.54, 1.807) is 0 Å². The third-order valence-corrected chi connectivity index (χ3v) is 5.25. The van der Waals surface area contributed by atoms with Crippen LogP contribution in [0.2, 0.25) is 0 Å². The fraction of sp³-hybridized carbons (Fsp3) is 0.938. The Kier molecular flexibility index (Phi) is 5.68. The quantitative estimate of drug-likeness (QED) is 0.752. The molecule has 2 aliphatic carbocycles. The van der Waals surface area contributed by atoms with Gasteiger partial charge in [-0.25, -0.2) is 0 Å². The molecule has 2 fully saturated rings. The highest BCUT2D eigenvalue weighted by Gasteiger charge is 2.36. The molecule has 19 heavy (non-hydrogen) atoms. The van der Waals surface area contributed by atoms with Gasteiger partial charge in [0.1, 0.15) is 0 Å². The van der Waals surface area contributed by atoms with Gasteiger partial charge < -0.3 is 11.1 Å². The van der Waals surface area contributed by atoms with E-state index in [-0.39, 0.29) is 11.3 Å². The monoisotopic (exact) mass is 266 g/mol. The second-order valence-corrected chi connectivity index (χ2v) is 6.59. The zero-order chi connectivity index (χ0) is 13.6. The van der Waals surface area contributed by atoms with E-state index in [1.165, 1.54) is 38.5 Å². The molecule has 1 amide bonds. The molecule has 2 aliphatic rings. The molecule has 0 atom stereocenters. The smallest absolute Gasteiger partial charge is 0.227 e. The molecule has 2 rings (SSSR count). The molecule has 3 N–H and O–H groups in total. The van der Waals surface area contributed by atoms with Gasteiger partial charge in [-0.3, -0.25) is 4.79 Å². The second-order valence-electron chi connectivity index (χ2n) is 6.59. The Balaban J connectivity index is 1.78. The van der Waals surface area contributed by atoms with Crippen LogP contribution in [0.15, 0.2) is 0 Å². The highest BCUT2D eigenvalue weighted by molar-refractivity contribution is 5.82. The van der Waals surface area contributed by atoms with Crippen molar-refractivity contribution in [2.24, 2.45) is 17.1 Å². The lowest BCUT2D eigenvalue weighted by Crippen LogP contribution is -2.46. The molecule has 2 saturated carbocycles. The summed E-state index contributed by atoms with van der Waals surface area (Å²) in [6.07, 6.45) is 13.4. The number of rotatable bonds is 5. The molecule has 0 saturated heterocycles. The predicted octanol–water partition coefficient (Wildman–Crippen LogP) is 2.98. The van der Waals surface area contributed by atoms with Crippen LogP contribution in [0.4, 0.5) is 0 Å². The maximum atomic E-state index is 12.5. The zero-order valence-corrected chi connectivity index (χ0v) is 12.3. The highest BCUT2D eigenvalue weighted by Crippen LogP contribution is 2.34. The van der Waals surface area contributed by atoms with Crippen LogP contribution >= 0.6 is 0 Å². The maximum Gasteiger partial charge on any atom is 0.227 e. The minimum absolute atomic E-state index is 0.231. The Morgan fingerprint density at radius 2 is 1.68 bits per heavy atom. The molecule has 0 radical (unpaired) electrons. The van der Waals surface area contributed by atoms with Gasteiger partial charge in [-0.05, 0) is 25.2 Å². The molecule has 0 spiro atoms. The fourth-order valence-corrected chi connectivity index (χ4v) is 3.81. The maximum absolute atomic E-state index is 12.5. The van der Waals surface area contributed by atoms with Crippen LogP contribution in [-0.2, 0) is 4.79 Å². The Labute approximate surface area is 117 Å². The molecule has 0 aliphatic heterocycles. The minimum Gasteiger partial charge on any atom is -0.356 e. The zero-order valence-electron chi connectivity index (χ0n) is 12.3. The van der Waals surface area contributed by atoms with Gasteiger partial charge in [0.05, 0.1) is 5.41 Å². The van der Waals surface area contributed by atoms with Crippen LogP contribution in [0, 0.1) is 11.3 Å². The van der Waals surface area contributed by atoms with E-state index >= 15 is 0 Å². The minimum atomic E-state index is -0.258. The van der Waals surface area contributed by atoms with Crippen molar-refractivity contribution in [3.05, 3.63) is 0 Å². The predicted molar refractivity (Wildman–Crippen MR) is 78.8 cm³/mol. The Morgan fingerprint density at radius 3 is 2.26 bits per heavy atom. The van der Waals surface area contributed by atoms with E-state index in [4.69, 9.17) is 5.73 Å². The third-order valence-electron chi connectivity index (χ3n) is 5.25. The first-order valence-electron chi connectivity index (χ1n) is 8.25. The molecule has 0 heterocycles. The van der Waals surface area contributed by atoms with Crippen molar-refractivity contribution in [1.82, 2.24) is 5.32 Å². The van der Waals surface area contributed by atoms with Crippen LogP contribution in [0.25, 0.3) is 0 Å². The summed E-state index contributed by atoms with van der Waals surface area (Å²) in [5, 5.41) is 3.18. The van der Waals surface area contributed by atoms with Gasteiger partial charge in [-0.15, -0.1) is 0 Å². The van der Waals surface area contributed by atoms with Crippen molar-refractivity contribution < 1.29 is 4.79 Å². The SMILES string of the molecule is NCC1(C(=O)NCCC2CCCC2)CCCCCC1. The normalized spacial score (nSPS) is 24.1. The van der Waals surface area contributed by atoms with Crippen molar-refractivity contribution in [3.8, 4) is 0 Å². The number of carbonyl (C=O) groups excluding carboxylic acids is 1. The summed E-state index contributed by atoms with van der Waals surface area (Å²) in [5.41, 5.74) is 5.68. The van der Waals surface area contributed by atoms with Crippen LogP contribution in [0.5, 0.6) is 0 Å². The average molecular weight is 266 g/mol. The topological polar surface area (TPSA) is 55.1 Å². The Hall–Kier alpha value is -0.570. The molecule has 0 unspecified atom stereocenters. The average Bonchev–Trinajstić information content (AvgIpc) is 2.82. The van der Waals surface area contributed by atoms with Crippen molar-refractivity contribution in [3.63, 3.8) is 0 Å². The van der Waals surface area contributed by atoms with E-state index in [0.717, 1.165) is 44.6 Å². The lowest BCUT2D eigenvalue weighted by Gasteiger charge is -2.30. The molecule has 3 nitrogen and oxygen atoms in total. The summed E-state index contributed by atoms with van der Waals surface area (Å²) in [6, 6.07) is 0. The lowest BCUT2D eigenvalue weighted by molar-refractivity contribution is -0.131. The molecule has 0 aromatic heterocycles. The first-order chi connectivity index (χ1) is 9.27. The molecule has 0 aromatic rings. The van der Waals surface area contributed by atoms with E-state index < -0.39 is 0 Å². The van der Waals surface area contributed by atoms with Crippen LogP contribution in [0.3, 0.4) is 0 Å². The largest absolute Gasteiger partial charge is 0.356 e. The summed E-state index contributed by atoms with van der Waals surface area (Å²) in [7, 11) is 0. The van der Waals surface area contributed by atoms with Crippen LogP contribution in [-0.4, -0.2) is 19.0 Å². The number of hydrogen-bond acceptors (Lipinski definition) is 2. The first-order valence-corrected chi connectivity index (χ1v) is 8.25. The van der Waals surface area contributed by atoms with Gasteiger partial charge in [0.25, 0.3) is 0 Å². The molecule has 110 valence electrons. The summed E-state index contributed by atoms with van der Waals surface area (Å²) >= 11 is 0. The van der Waals surface area contributed by atoms with Crippen molar-refractivity contribution in [2.75, 3.05) is 13.1 Å². The van der Waals surface area contributed by atoms with Gasteiger partial charge in [0.2, 0.25) is 5.91 Å².